The maximum Gasteiger partial charge on any atom is 0.290 e. The topological polar surface area (TPSA) is 83.2 Å². The number of likely N-dealkylation sites (N-methyl/N-ethyl adjacent to an activating group) is 2. The second-order valence-corrected chi connectivity index (χ2v) is 11.5. The van der Waals surface area contributed by atoms with Crippen LogP contribution in [0, 0.1) is 19.8 Å². The first kappa shape index (κ1) is 33.3. The Hall–Kier alpha value is -2.71. The second-order valence-electron chi connectivity index (χ2n) is 11.2. The number of amidine groups is 1. The maximum atomic E-state index is 12.6. The third-order valence-corrected chi connectivity index (χ3v) is 6.52. The molecule has 0 heterocycles. The van der Waals surface area contributed by atoms with E-state index in [1.807, 2.05) is 51.8 Å². The van der Waals surface area contributed by atoms with Gasteiger partial charge >= 0.3 is 0 Å². The molecule has 0 aliphatic rings. The van der Waals surface area contributed by atoms with E-state index in [4.69, 9.17) is 22.7 Å². The van der Waals surface area contributed by atoms with Crippen molar-refractivity contribution in [3.05, 3.63) is 52.7 Å². The van der Waals surface area contributed by atoms with Gasteiger partial charge in [0.15, 0.2) is 5.84 Å². The molecule has 0 aliphatic heterocycles. The van der Waals surface area contributed by atoms with Crippen LogP contribution in [-0.4, -0.2) is 66.0 Å². The van der Waals surface area contributed by atoms with Crippen molar-refractivity contribution >= 4 is 29.1 Å². The minimum atomic E-state index is -0.349. The van der Waals surface area contributed by atoms with Gasteiger partial charge in [0.2, 0.25) is 5.91 Å². The van der Waals surface area contributed by atoms with Gasteiger partial charge in [-0.05, 0) is 95.5 Å². The SMILES string of the molecule is C=C(CN(C)C(=C\C(C)CC)/C(N)=N/C(=S)Oc1cc(C)c(CCN(C)CC)cc1C)C(=O)NC(C)(C)C. The Kier molecular flexibility index (Phi) is 13.2. The minimum Gasteiger partial charge on any atom is -0.430 e. The largest absolute Gasteiger partial charge is 0.430 e. The summed E-state index contributed by atoms with van der Waals surface area (Å²) >= 11 is 5.46. The van der Waals surface area contributed by atoms with E-state index >= 15 is 0 Å². The van der Waals surface area contributed by atoms with Crippen LogP contribution in [0.1, 0.15) is 64.7 Å². The second kappa shape index (κ2) is 15.0. The van der Waals surface area contributed by atoms with E-state index < -0.39 is 0 Å². The monoisotopic (exact) mass is 543 g/mol. The van der Waals surface area contributed by atoms with Crippen LogP contribution in [0.4, 0.5) is 0 Å². The molecule has 1 aromatic rings. The molecule has 212 valence electrons. The molecule has 0 radical (unpaired) electrons. The van der Waals surface area contributed by atoms with Gasteiger partial charge in [0, 0.05) is 31.2 Å². The third kappa shape index (κ3) is 11.4. The molecular weight excluding hydrogens is 494 g/mol. The molecule has 0 bridgehead atoms. The highest BCUT2D eigenvalue weighted by Crippen LogP contribution is 2.24. The van der Waals surface area contributed by atoms with Crippen LogP contribution in [0.5, 0.6) is 5.75 Å². The summed E-state index contributed by atoms with van der Waals surface area (Å²) in [5.74, 6) is 0.953. The number of rotatable bonds is 12. The molecule has 0 aliphatic carbocycles. The molecule has 1 aromatic carbocycles. The Morgan fingerprint density at radius 3 is 2.42 bits per heavy atom. The van der Waals surface area contributed by atoms with Gasteiger partial charge in [0.1, 0.15) is 5.75 Å². The molecule has 38 heavy (non-hydrogen) atoms. The van der Waals surface area contributed by atoms with Crippen molar-refractivity contribution in [2.75, 3.05) is 33.7 Å². The van der Waals surface area contributed by atoms with Crippen LogP contribution < -0.4 is 15.8 Å². The summed E-state index contributed by atoms with van der Waals surface area (Å²) in [6, 6.07) is 4.16. The highest BCUT2D eigenvalue weighted by Gasteiger charge is 2.20. The number of benzene rings is 1. The highest BCUT2D eigenvalue weighted by atomic mass is 32.1. The lowest BCUT2D eigenvalue weighted by molar-refractivity contribution is -0.119. The van der Waals surface area contributed by atoms with Crippen molar-refractivity contribution in [3.63, 3.8) is 0 Å². The number of nitrogens with one attached hydrogen (secondary N) is 1. The number of allylic oxidation sites excluding steroid dienone is 1. The Bertz CT molecular complexity index is 1060. The highest BCUT2D eigenvalue weighted by molar-refractivity contribution is 7.80. The number of ether oxygens (including phenoxy) is 1. The van der Waals surface area contributed by atoms with Gasteiger partial charge in [0.05, 0.1) is 5.70 Å². The number of amides is 1. The molecule has 1 unspecified atom stereocenters. The van der Waals surface area contributed by atoms with E-state index in [1.54, 1.807) is 0 Å². The molecule has 1 rings (SSSR count). The molecule has 0 saturated carbocycles. The van der Waals surface area contributed by atoms with Crippen LogP contribution in [0.15, 0.2) is 41.1 Å². The van der Waals surface area contributed by atoms with E-state index in [2.05, 4.69) is 62.6 Å². The number of nitrogens with zero attached hydrogens (tertiary/aromatic N) is 3. The Morgan fingerprint density at radius 2 is 1.87 bits per heavy atom. The minimum absolute atomic E-state index is 0.0382. The number of carbonyl (C=O) groups excluding carboxylic acids is 1. The van der Waals surface area contributed by atoms with E-state index in [0.29, 0.717) is 23.6 Å². The molecule has 1 atom stereocenters. The van der Waals surface area contributed by atoms with Gasteiger partial charge in [-0.25, -0.2) is 0 Å². The zero-order valence-corrected chi connectivity index (χ0v) is 26.0. The molecule has 7 nitrogen and oxygen atoms in total. The summed E-state index contributed by atoms with van der Waals surface area (Å²) in [7, 11) is 3.98. The van der Waals surface area contributed by atoms with Crippen molar-refractivity contribution in [2.24, 2.45) is 16.6 Å². The summed E-state index contributed by atoms with van der Waals surface area (Å²) in [6.07, 6.45) is 3.94. The number of aliphatic imine (C=N–C) groups is 1. The fourth-order valence-electron chi connectivity index (χ4n) is 3.64. The molecule has 0 fully saturated rings. The van der Waals surface area contributed by atoms with Crippen molar-refractivity contribution in [2.45, 2.75) is 73.8 Å². The van der Waals surface area contributed by atoms with E-state index in [-0.39, 0.29) is 28.4 Å². The number of hydrogen-bond acceptors (Lipinski definition) is 5. The van der Waals surface area contributed by atoms with Crippen molar-refractivity contribution < 1.29 is 9.53 Å². The number of carbonyl (C=O) groups is 1. The maximum absolute atomic E-state index is 12.6. The first-order valence-electron chi connectivity index (χ1n) is 13.4. The van der Waals surface area contributed by atoms with Crippen molar-refractivity contribution in [1.29, 1.82) is 0 Å². The van der Waals surface area contributed by atoms with Gasteiger partial charge in [0.25, 0.3) is 5.17 Å². The normalized spacial score (nSPS) is 13.3. The van der Waals surface area contributed by atoms with Crippen LogP contribution in [0.2, 0.25) is 0 Å². The number of thiocarbonyl (C=S) groups is 1. The standard InChI is InChI=1S/C30H49N5O2S/c1-12-20(3)16-25(35(11)19-23(6)28(36)33-30(7,8)9)27(31)32-29(38)37-26-18-21(4)24(17-22(26)5)14-15-34(10)13-2/h16-18,20H,6,12-15,19H2,1-5,7-11H3,(H,33,36)(H2,31,32,38)/b25-16-. The smallest absolute Gasteiger partial charge is 0.290 e. The fraction of sp³-hybridized carbons (Fsp3) is 0.567. The molecule has 0 spiro atoms. The lowest BCUT2D eigenvalue weighted by Crippen LogP contribution is -2.43. The van der Waals surface area contributed by atoms with Gasteiger partial charge in [-0.15, -0.1) is 0 Å². The average molecular weight is 544 g/mol. The predicted molar refractivity (Wildman–Crippen MR) is 165 cm³/mol. The molecule has 3 N–H and O–H groups in total. The number of nitrogens with two attached hydrogens (primary N) is 1. The summed E-state index contributed by atoms with van der Waals surface area (Å²) < 4.78 is 5.96. The molecule has 0 aromatic heterocycles. The van der Waals surface area contributed by atoms with Crippen molar-refractivity contribution in [1.82, 2.24) is 15.1 Å². The Morgan fingerprint density at radius 1 is 1.24 bits per heavy atom. The van der Waals surface area contributed by atoms with E-state index in [0.717, 1.165) is 37.1 Å². The molecule has 1 amide bonds. The average Bonchev–Trinajstić information content (AvgIpc) is 2.81. The van der Waals surface area contributed by atoms with E-state index in [9.17, 15) is 4.79 Å². The Balaban J connectivity index is 3.09. The third-order valence-electron chi connectivity index (χ3n) is 6.34. The van der Waals surface area contributed by atoms with Gasteiger partial charge < -0.3 is 25.6 Å². The van der Waals surface area contributed by atoms with Crippen LogP contribution in [0.25, 0.3) is 0 Å². The van der Waals surface area contributed by atoms with Crippen LogP contribution >= 0.6 is 12.2 Å². The first-order valence-corrected chi connectivity index (χ1v) is 13.8. The van der Waals surface area contributed by atoms with Crippen molar-refractivity contribution in [3.8, 4) is 5.75 Å². The first-order chi connectivity index (χ1) is 17.6. The van der Waals surface area contributed by atoms with Gasteiger partial charge in [-0.3, -0.25) is 4.79 Å². The zero-order chi connectivity index (χ0) is 29.2. The summed E-state index contributed by atoms with van der Waals surface area (Å²) in [6.45, 7) is 22.5. The predicted octanol–water partition coefficient (Wildman–Crippen LogP) is 5.15. The lowest BCUT2D eigenvalue weighted by Gasteiger charge is -2.26. The van der Waals surface area contributed by atoms with Crippen LogP contribution in [-0.2, 0) is 11.2 Å². The Labute approximate surface area is 236 Å². The fourth-order valence-corrected chi connectivity index (χ4v) is 3.83. The molecule has 8 heteroatoms. The molecule has 0 saturated heterocycles. The lowest BCUT2D eigenvalue weighted by atomic mass is 10.0. The van der Waals surface area contributed by atoms with E-state index in [1.165, 1.54) is 5.56 Å². The quantitative estimate of drug-likeness (QED) is 0.164. The number of aryl methyl sites for hydroxylation is 2. The van der Waals surface area contributed by atoms with Gasteiger partial charge in [-0.2, -0.15) is 4.99 Å². The molecular formula is C30H49N5O2S. The zero-order valence-electron chi connectivity index (χ0n) is 25.2. The van der Waals surface area contributed by atoms with Crippen LogP contribution in [0.3, 0.4) is 0 Å². The van der Waals surface area contributed by atoms with Gasteiger partial charge in [-0.1, -0.05) is 45.9 Å². The summed E-state index contributed by atoms with van der Waals surface area (Å²) in [5.41, 5.74) is 10.6. The summed E-state index contributed by atoms with van der Waals surface area (Å²) in [4.78, 5) is 21.1. The summed E-state index contributed by atoms with van der Waals surface area (Å²) in [5, 5.41) is 2.98. The number of hydrogen-bond donors (Lipinski definition) is 2.